The van der Waals surface area contributed by atoms with Crippen LogP contribution in [0.3, 0.4) is 0 Å². The molecule has 0 saturated carbocycles. The molecular formula is C18H17ClF3NO4. The zero-order valence-corrected chi connectivity index (χ0v) is 15.5. The van der Waals surface area contributed by atoms with Crippen molar-refractivity contribution in [2.75, 3.05) is 4.90 Å². The Morgan fingerprint density at radius 1 is 1.22 bits per heavy atom. The molecule has 0 spiro atoms. The van der Waals surface area contributed by atoms with Gasteiger partial charge in [-0.15, -0.1) is 0 Å². The number of aliphatic hydroxyl groups is 1. The number of alkyl halides is 3. The summed E-state index contributed by atoms with van der Waals surface area (Å²) < 4.78 is 46.0. The molecule has 2 bridgehead atoms. The number of hydrogen-bond acceptors (Lipinski definition) is 4. The number of carbonyl (C=O) groups is 2. The van der Waals surface area contributed by atoms with Crippen molar-refractivity contribution in [2.24, 2.45) is 11.8 Å². The lowest BCUT2D eigenvalue weighted by atomic mass is 9.67. The van der Waals surface area contributed by atoms with Gasteiger partial charge in [-0.3, -0.25) is 9.59 Å². The first-order valence-electron chi connectivity index (χ1n) is 8.45. The highest BCUT2D eigenvalue weighted by Gasteiger charge is 2.75. The summed E-state index contributed by atoms with van der Waals surface area (Å²) in [5, 5.41) is 9.82. The van der Waals surface area contributed by atoms with Crippen LogP contribution in [0.1, 0.15) is 31.4 Å². The molecule has 146 valence electrons. The Hall–Kier alpha value is -1.64. The van der Waals surface area contributed by atoms with Crippen LogP contribution in [0.15, 0.2) is 12.1 Å². The van der Waals surface area contributed by atoms with Crippen LogP contribution in [0.5, 0.6) is 0 Å². The Kier molecular flexibility index (Phi) is 3.63. The van der Waals surface area contributed by atoms with Gasteiger partial charge in [0, 0.05) is 6.42 Å². The molecule has 5 atom stereocenters. The number of aliphatic hydroxyl groups excluding tert-OH is 1. The normalized spacial score (nSPS) is 38.1. The van der Waals surface area contributed by atoms with Crippen molar-refractivity contribution < 1.29 is 32.6 Å². The zero-order valence-electron chi connectivity index (χ0n) is 14.7. The summed E-state index contributed by atoms with van der Waals surface area (Å²) in [6.45, 7) is 4.40. The van der Waals surface area contributed by atoms with E-state index < -0.39 is 57.7 Å². The van der Waals surface area contributed by atoms with E-state index in [2.05, 4.69) is 0 Å². The zero-order chi connectivity index (χ0) is 20.1. The maximum absolute atomic E-state index is 13.4. The largest absolute Gasteiger partial charge is 0.418 e. The predicted octanol–water partition coefficient (Wildman–Crippen LogP) is 3.09. The third kappa shape index (κ3) is 2.20. The lowest BCUT2D eigenvalue weighted by Crippen LogP contribution is -2.49. The molecule has 2 amide bonds. The number of imide groups is 1. The second-order valence-corrected chi connectivity index (χ2v) is 8.26. The van der Waals surface area contributed by atoms with E-state index in [0.717, 1.165) is 11.0 Å². The average molecular weight is 404 g/mol. The second kappa shape index (κ2) is 5.24. The van der Waals surface area contributed by atoms with Crippen molar-refractivity contribution in [3.63, 3.8) is 0 Å². The molecule has 3 saturated heterocycles. The van der Waals surface area contributed by atoms with E-state index >= 15 is 0 Å². The van der Waals surface area contributed by atoms with Crippen molar-refractivity contribution in [3.05, 3.63) is 28.3 Å². The Morgan fingerprint density at radius 3 is 2.41 bits per heavy atom. The summed E-state index contributed by atoms with van der Waals surface area (Å²) in [6.07, 6.45) is -5.47. The number of hydrogen-bond donors (Lipinski definition) is 1. The highest BCUT2D eigenvalue weighted by atomic mass is 35.5. The van der Waals surface area contributed by atoms with E-state index in [0.29, 0.717) is 0 Å². The van der Waals surface area contributed by atoms with Crippen LogP contribution in [0, 0.1) is 18.8 Å². The standard InChI is InChI=1S/C18H17ClF3NO4/c1-7-9(5-4-8(19)11(7)18(20,21)22)23-14(25)12-13(15(23)26)17(3)10(24)6-16(12,2)27-17/h4-5,10,12-13,24H,6H2,1-3H3/t10-,12+,13-,16?,17?/m0/s1. The van der Waals surface area contributed by atoms with Crippen molar-refractivity contribution >= 4 is 29.1 Å². The summed E-state index contributed by atoms with van der Waals surface area (Å²) >= 11 is 5.72. The number of fused-ring (bicyclic) bond motifs is 5. The number of halogens is 4. The number of nitrogens with zero attached hydrogens (tertiary/aromatic N) is 1. The topological polar surface area (TPSA) is 66.8 Å². The van der Waals surface area contributed by atoms with Gasteiger partial charge in [-0.05, 0) is 38.5 Å². The lowest BCUT2D eigenvalue weighted by molar-refractivity contribution is -0.138. The molecule has 3 aliphatic rings. The molecule has 0 aromatic heterocycles. The molecule has 3 aliphatic heterocycles. The second-order valence-electron chi connectivity index (χ2n) is 7.85. The smallest absolute Gasteiger partial charge is 0.390 e. The number of rotatable bonds is 1. The molecule has 1 aromatic carbocycles. The minimum absolute atomic E-state index is 0.141. The molecule has 3 heterocycles. The van der Waals surface area contributed by atoms with Gasteiger partial charge >= 0.3 is 6.18 Å². The first-order valence-corrected chi connectivity index (χ1v) is 8.83. The molecule has 4 rings (SSSR count). The first-order chi connectivity index (χ1) is 12.3. The fraction of sp³-hybridized carbons (Fsp3) is 0.556. The van der Waals surface area contributed by atoms with Crippen LogP contribution in [0.4, 0.5) is 18.9 Å². The van der Waals surface area contributed by atoms with Crippen LogP contribution in [-0.4, -0.2) is 34.2 Å². The van der Waals surface area contributed by atoms with Crippen LogP contribution < -0.4 is 4.90 Å². The quantitative estimate of drug-likeness (QED) is 0.732. The Labute approximate surface area is 158 Å². The van der Waals surface area contributed by atoms with Gasteiger partial charge < -0.3 is 9.84 Å². The van der Waals surface area contributed by atoms with Gasteiger partial charge in [0.15, 0.2) is 0 Å². The van der Waals surface area contributed by atoms with Crippen molar-refractivity contribution in [2.45, 2.75) is 50.7 Å². The summed E-state index contributed by atoms with van der Waals surface area (Å²) in [5.74, 6) is -3.05. The molecule has 9 heteroatoms. The van der Waals surface area contributed by atoms with Crippen LogP contribution in [0.25, 0.3) is 0 Å². The van der Waals surface area contributed by atoms with Crippen molar-refractivity contribution in [3.8, 4) is 0 Å². The molecule has 1 aromatic rings. The van der Waals surface area contributed by atoms with Gasteiger partial charge in [0.1, 0.15) is 5.60 Å². The number of anilines is 1. The van der Waals surface area contributed by atoms with E-state index in [1.165, 1.54) is 13.0 Å². The van der Waals surface area contributed by atoms with Gasteiger partial charge in [-0.25, -0.2) is 4.90 Å². The van der Waals surface area contributed by atoms with Crippen LogP contribution >= 0.6 is 11.6 Å². The van der Waals surface area contributed by atoms with E-state index in [4.69, 9.17) is 16.3 Å². The first kappa shape index (κ1) is 18.7. The fourth-order valence-corrected chi connectivity index (χ4v) is 5.33. The Balaban J connectivity index is 1.85. The van der Waals surface area contributed by atoms with Crippen molar-refractivity contribution in [1.82, 2.24) is 0 Å². The molecule has 0 radical (unpaired) electrons. The van der Waals surface area contributed by atoms with Gasteiger partial charge in [-0.2, -0.15) is 13.2 Å². The molecule has 5 nitrogen and oxygen atoms in total. The van der Waals surface area contributed by atoms with Gasteiger partial charge in [0.25, 0.3) is 0 Å². The number of carbonyl (C=O) groups excluding carboxylic acids is 2. The van der Waals surface area contributed by atoms with E-state index in [-0.39, 0.29) is 17.7 Å². The van der Waals surface area contributed by atoms with Gasteiger partial charge in [-0.1, -0.05) is 11.6 Å². The minimum Gasteiger partial charge on any atom is -0.390 e. The molecule has 0 aliphatic carbocycles. The molecule has 27 heavy (non-hydrogen) atoms. The molecule has 3 fully saturated rings. The van der Waals surface area contributed by atoms with Crippen LogP contribution in [0.2, 0.25) is 5.02 Å². The van der Waals surface area contributed by atoms with E-state index in [1.807, 2.05) is 0 Å². The minimum atomic E-state index is -4.73. The number of benzene rings is 1. The SMILES string of the molecule is Cc1c(N2C(=O)[C@@H]3[C@H](C2=O)C2(C)C[C@H](O)C3(C)O2)ccc(Cl)c1C(F)(F)F. The lowest BCUT2D eigenvalue weighted by Gasteiger charge is -2.31. The van der Waals surface area contributed by atoms with Crippen LogP contribution in [-0.2, 0) is 20.5 Å². The Bertz CT molecular complexity index is 888. The van der Waals surface area contributed by atoms with E-state index in [1.54, 1.807) is 13.8 Å². The van der Waals surface area contributed by atoms with Gasteiger partial charge in [0.2, 0.25) is 11.8 Å². The van der Waals surface area contributed by atoms with Gasteiger partial charge in [0.05, 0.1) is 39.8 Å². The number of amides is 2. The predicted molar refractivity (Wildman–Crippen MR) is 89.2 cm³/mol. The monoisotopic (exact) mass is 403 g/mol. The fourth-order valence-electron chi connectivity index (χ4n) is 5.02. The average Bonchev–Trinajstić information content (AvgIpc) is 3.01. The molecule has 2 unspecified atom stereocenters. The summed E-state index contributed by atoms with van der Waals surface area (Å²) in [4.78, 5) is 26.9. The summed E-state index contributed by atoms with van der Waals surface area (Å²) in [6, 6.07) is 2.28. The highest BCUT2D eigenvalue weighted by Crippen LogP contribution is 2.61. The molecular weight excluding hydrogens is 387 g/mol. The third-order valence-electron chi connectivity index (χ3n) is 6.20. The maximum Gasteiger partial charge on any atom is 0.418 e. The summed E-state index contributed by atoms with van der Waals surface area (Å²) in [5.41, 5.74) is -3.78. The summed E-state index contributed by atoms with van der Waals surface area (Å²) in [7, 11) is 0. The highest BCUT2D eigenvalue weighted by molar-refractivity contribution is 6.32. The number of ether oxygens (including phenoxy) is 1. The maximum atomic E-state index is 13.4. The third-order valence-corrected chi connectivity index (χ3v) is 6.52. The molecule has 1 N–H and O–H groups in total. The van der Waals surface area contributed by atoms with Crippen molar-refractivity contribution in [1.29, 1.82) is 0 Å². The Morgan fingerprint density at radius 2 is 1.81 bits per heavy atom. The van der Waals surface area contributed by atoms with E-state index in [9.17, 15) is 27.9 Å².